The molecule has 0 unspecified atom stereocenters. The van der Waals surface area contributed by atoms with Crippen molar-refractivity contribution in [2.24, 2.45) is 0 Å². The van der Waals surface area contributed by atoms with Crippen LogP contribution >= 0.6 is 0 Å². The predicted molar refractivity (Wildman–Crippen MR) is 148 cm³/mol. The van der Waals surface area contributed by atoms with Gasteiger partial charge in [-0.1, -0.05) is 54.9 Å². The van der Waals surface area contributed by atoms with Gasteiger partial charge in [-0.25, -0.2) is 4.79 Å². The van der Waals surface area contributed by atoms with Gasteiger partial charge in [-0.05, 0) is 67.9 Å². The van der Waals surface area contributed by atoms with Gasteiger partial charge in [-0.3, -0.25) is 0 Å². The number of hydrogen-bond donors (Lipinski definition) is 1. The Morgan fingerprint density at radius 3 is 2.40 bits per heavy atom. The molecule has 0 atom stereocenters. The number of aryl methyl sites for hydroxylation is 1. The highest BCUT2D eigenvalue weighted by molar-refractivity contribution is 5.76. The Balaban J connectivity index is 1.27. The summed E-state index contributed by atoms with van der Waals surface area (Å²) in [5, 5.41) is 17.7. The number of unbranched alkanes of at least 4 members (excludes halogenated alkanes) is 1. The maximum Gasteiger partial charge on any atom is 0.347 e. The Morgan fingerprint density at radius 2 is 1.73 bits per heavy atom. The van der Waals surface area contributed by atoms with E-state index in [1.54, 1.807) is 12.1 Å². The standard InChI is InChI=1S/C30H35N5O5/c1-4-5-6-25-31-29(34-39-25)35(18-17-20-9-15-24(16-10-20)38-30(2,3)28(36)37)19-21-7-11-22(12-8-21)26-32-27(40-33-26)23-13-14-23/h7-12,15-16,23H,4-6,13-14,17-19H2,1-3H3,(H,36,37). The summed E-state index contributed by atoms with van der Waals surface area (Å²) in [6.07, 6.45) is 5.77. The van der Waals surface area contributed by atoms with Crippen molar-refractivity contribution >= 4 is 11.9 Å². The molecule has 10 heteroatoms. The highest BCUT2D eigenvalue weighted by Gasteiger charge is 2.30. The SMILES string of the molecule is CCCCc1nc(N(CCc2ccc(OC(C)(C)C(=O)O)cc2)Cc2ccc(-c3noc(C4CC4)n3)cc2)no1. The van der Waals surface area contributed by atoms with E-state index in [9.17, 15) is 9.90 Å². The first kappa shape index (κ1) is 27.4. The molecule has 1 fully saturated rings. The number of carbonyl (C=O) groups is 1. The fourth-order valence-electron chi connectivity index (χ4n) is 4.21. The van der Waals surface area contributed by atoms with E-state index in [-0.39, 0.29) is 0 Å². The van der Waals surface area contributed by atoms with Gasteiger partial charge in [0.05, 0.1) is 0 Å². The minimum atomic E-state index is -1.30. The second-order valence-electron chi connectivity index (χ2n) is 10.8. The Kier molecular flexibility index (Phi) is 8.14. The first-order valence-corrected chi connectivity index (χ1v) is 13.8. The number of anilines is 1. The number of carboxylic acids is 1. The Morgan fingerprint density at radius 1 is 1.00 bits per heavy atom. The second kappa shape index (κ2) is 11.9. The lowest BCUT2D eigenvalue weighted by atomic mass is 10.1. The van der Waals surface area contributed by atoms with Crippen LogP contribution in [-0.2, 0) is 24.2 Å². The number of nitrogens with zero attached hydrogens (tertiary/aromatic N) is 5. The molecular formula is C30H35N5O5. The van der Waals surface area contributed by atoms with E-state index in [1.165, 1.54) is 13.8 Å². The second-order valence-corrected chi connectivity index (χ2v) is 10.8. The highest BCUT2D eigenvalue weighted by Crippen LogP contribution is 2.39. The number of hydrogen-bond acceptors (Lipinski definition) is 9. The van der Waals surface area contributed by atoms with E-state index < -0.39 is 11.6 Å². The molecule has 1 N–H and O–H groups in total. The zero-order valence-corrected chi connectivity index (χ0v) is 23.2. The largest absolute Gasteiger partial charge is 0.478 e. The monoisotopic (exact) mass is 545 g/mol. The molecule has 2 aromatic carbocycles. The third kappa shape index (κ3) is 6.86. The molecule has 0 bridgehead atoms. The van der Waals surface area contributed by atoms with E-state index >= 15 is 0 Å². The van der Waals surface area contributed by atoms with Gasteiger partial charge in [0.1, 0.15) is 5.75 Å². The van der Waals surface area contributed by atoms with Crippen LogP contribution in [0.5, 0.6) is 5.75 Å². The van der Waals surface area contributed by atoms with Crippen LogP contribution in [0.2, 0.25) is 0 Å². The number of ether oxygens (including phenoxy) is 1. The third-order valence-corrected chi connectivity index (χ3v) is 6.92. The van der Waals surface area contributed by atoms with Crippen molar-refractivity contribution in [3.8, 4) is 17.1 Å². The molecule has 2 heterocycles. The van der Waals surface area contributed by atoms with Crippen LogP contribution in [0.15, 0.2) is 57.6 Å². The summed E-state index contributed by atoms with van der Waals surface area (Å²) in [5.74, 6) is 2.46. The molecule has 40 heavy (non-hydrogen) atoms. The van der Waals surface area contributed by atoms with Gasteiger partial charge < -0.3 is 23.8 Å². The van der Waals surface area contributed by atoms with Crippen molar-refractivity contribution in [2.45, 2.75) is 77.4 Å². The van der Waals surface area contributed by atoms with Gasteiger partial charge in [-0.2, -0.15) is 9.97 Å². The minimum Gasteiger partial charge on any atom is -0.478 e. The fourth-order valence-corrected chi connectivity index (χ4v) is 4.21. The first-order valence-electron chi connectivity index (χ1n) is 13.8. The zero-order valence-electron chi connectivity index (χ0n) is 23.2. The smallest absolute Gasteiger partial charge is 0.347 e. The number of rotatable bonds is 14. The lowest BCUT2D eigenvalue weighted by Gasteiger charge is -2.22. The maximum atomic E-state index is 11.4. The van der Waals surface area contributed by atoms with Gasteiger partial charge in [0.25, 0.3) is 5.95 Å². The van der Waals surface area contributed by atoms with Crippen molar-refractivity contribution in [3.63, 3.8) is 0 Å². The summed E-state index contributed by atoms with van der Waals surface area (Å²) in [6.45, 7) is 6.45. The average molecular weight is 546 g/mol. The van der Waals surface area contributed by atoms with E-state index in [1.807, 2.05) is 24.3 Å². The van der Waals surface area contributed by atoms with Crippen LogP contribution in [0.4, 0.5) is 5.95 Å². The summed E-state index contributed by atoms with van der Waals surface area (Å²) >= 11 is 0. The lowest BCUT2D eigenvalue weighted by Crippen LogP contribution is -2.37. The molecule has 1 aliphatic rings. The van der Waals surface area contributed by atoms with Crippen LogP contribution in [0, 0.1) is 0 Å². The summed E-state index contributed by atoms with van der Waals surface area (Å²) < 4.78 is 16.6. The molecule has 4 aromatic rings. The van der Waals surface area contributed by atoms with Crippen LogP contribution in [0.25, 0.3) is 11.4 Å². The van der Waals surface area contributed by atoms with Crippen molar-refractivity contribution in [1.82, 2.24) is 20.3 Å². The van der Waals surface area contributed by atoms with Crippen molar-refractivity contribution in [1.29, 1.82) is 0 Å². The molecule has 210 valence electrons. The van der Waals surface area contributed by atoms with E-state index in [2.05, 4.69) is 44.2 Å². The van der Waals surface area contributed by atoms with Crippen LogP contribution in [0.1, 0.15) is 75.3 Å². The Labute approximate surface area is 233 Å². The fraction of sp³-hybridized carbons (Fsp3) is 0.433. The molecule has 0 radical (unpaired) electrons. The minimum absolute atomic E-state index is 0.423. The summed E-state index contributed by atoms with van der Waals surface area (Å²) in [7, 11) is 0. The highest BCUT2D eigenvalue weighted by atomic mass is 16.5. The molecule has 1 saturated carbocycles. The van der Waals surface area contributed by atoms with Crippen LogP contribution in [0.3, 0.4) is 0 Å². The summed E-state index contributed by atoms with van der Waals surface area (Å²) in [5.41, 5.74) is 1.79. The lowest BCUT2D eigenvalue weighted by molar-refractivity contribution is -0.152. The predicted octanol–water partition coefficient (Wildman–Crippen LogP) is 5.83. The molecule has 1 aliphatic carbocycles. The summed E-state index contributed by atoms with van der Waals surface area (Å²) in [6, 6.07) is 15.6. The van der Waals surface area contributed by atoms with E-state index in [0.29, 0.717) is 42.4 Å². The molecule has 0 spiro atoms. The quantitative estimate of drug-likeness (QED) is 0.207. The van der Waals surface area contributed by atoms with Crippen molar-refractivity contribution < 1.29 is 23.7 Å². The first-order chi connectivity index (χ1) is 19.3. The molecule has 0 amide bonds. The van der Waals surface area contributed by atoms with Gasteiger partial charge >= 0.3 is 5.97 Å². The molecule has 10 nitrogen and oxygen atoms in total. The third-order valence-electron chi connectivity index (χ3n) is 6.92. The molecule has 0 aliphatic heterocycles. The number of benzene rings is 2. The number of aromatic nitrogens is 4. The van der Waals surface area contributed by atoms with Crippen molar-refractivity contribution in [2.75, 3.05) is 11.4 Å². The average Bonchev–Trinajstić information content (AvgIpc) is 3.48. The molecule has 2 aromatic heterocycles. The van der Waals surface area contributed by atoms with Gasteiger partial charge in [-0.15, -0.1) is 0 Å². The zero-order chi connectivity index (χ0) is 28.1. The topological polar surface area (TPSA) is 128 Å². The van der Waals surface area contributed by atoms with E-state index in [0.717, 1.165) is 61.1 Å². The summed E-state index contributed by atoms with van der Waals surface area (Å²) in [4.78, 5) is 22.7. The van der Waals surface area contributed by atoms with Gasteiger partial charge in [0.2, 0.25) is 17.6 Å². The van der Waals surface area contributed by atoms with Gasteiger partial charge in [0, 0.05) is 31.0 Å². The molecule has 5 rings (SSSR count). The number of carboxylic acid groups (broad SMARTS) is 1. The Bertz CT molecular complexity index is 1410. The van der Waals surface area contributed by atoms with Crippen LogP contribution < -0.4 is 9.64 Å². The Hall–Kier alpha value is -4.21. The normalized spacial score (nSPS) is 13.4. The molecular weight excluding hydrogens is 510 g/mol. The van der Waals surface area contributed by atoms with Gasteiger partial charge in [0.15, 0.2) is 5.60 Å². The number of aliphatic carboxylic acids is 1. The maximum absolute atomic E-state index is 11.4. The van der Waals surface area contributed by atoms with Crippen LogP contribution in [-0.4, -0.2) is 43.5 Å². The van der Waals surface area contributed by atoms with Crippen molar-refractivity contribution in [3.05, 3.63) is 71.4 Å². The molecule has 0 saturated heterocycles. The van der Waals surface area contributed by atoms with E-state index in [4.69, 9.17) is 13.8 Å².